The van der Waals surface area contributed by atoms with Gasteiger partial charge in [-0.25, -0.2) is 0 Å². The monoisotopic (exact) mass is 530 g/mol. The molecule has 0 spiro atoms. The number of guanidine groups is 1. The number of hydrogen-bond acceptors (Lipinski definition) is 2. The summed E-state index contributed by atoms with van der Waals surface area (Å²) in [6.45, 7) is 1.89. The molecule has 0 saturated heterocycles. The summed E-state index contributed by atoms with van der Waals surface area (Å²) < 4.78 is 0.890. The molecule has 0 heterocycles. The van der Waals surface area contributed by atoms with Gasteiger partial charge < -0.3 is 15.5 Å². The van der Waals surface area contributed by atoms with Crippen LogP contribution in [0.15, 0.2) is 64.1 Å². The Morgan fingerprint density at radius 2 is 1.77 bits per heavy atom. The molecule has 0 unspecified atom stereocenters. The summed E-state index contributed by atoms with van der Waals surface area (Å²) in [5.41, 5.74) is 1.86. The number of nitrogens with zero attached hydrogens (tertiary/aromatic N) is 2. The summed E-state index contributed by atoms with van der Waals surface area (Å²) in [4.78, 5) is 18.4. The maximum atomic E-state index is 12.1. The predicted molar refractivity (Wildman–Crippen MR) is 121 cm³/mol. The van der Waals surface area contributed by atoms with Gasteiger partial charge in [-0.15, -0.1) is 24.0 Å². The smallest absolute Gasteiger partial charge is 0.251 e. The van der Waals surface area contributed by atoms with Crippen molar-refractivity contribution in [1.29, 1.82) is 0 Å². The Morgan fingerprint density at radius 3 is 2.42 bits per heavy atom. The largest absolute Gasteiger partial charge is 0.354 e. The van der Waals surface area contributed by atoms with Crippen LogP contribution in [0, 0.1) is 0 Å². The molecule has 0 aliphatic rings. The zero-order valence-corrected chi connectivity index (χ0v) is 18.8. The van der Waals surface area contributed by atoms with Crippen LogP contribution in [0.2, 0.25) is 0 Å². The van der Waals surface area contributed by atoms with Gasteiger partial charge in [0, 0.05) is 43.8 Å². The van der Waals surface area contributed by atoms with Gasteiger partial charge in [0.15, 0.2) is 5.96 Å². The fourth-order valence-corrected chi connectivity index (χ4v) is 2.80. The van der Waals surface area contributed by atoms with Crippen molar-refractivity contribution in [3.8, 4) is 0 Å². The lowest BCUT2D eigenvalue weighted by atomic mass is 10.2. The number of benzene rings is 2. The summed E-state index contributed by atoms with van der Waals surface area (Å²) in [6.07, 6.45) is 0. The van der Waals surface area contributed by atoms with E-state index in [0.717, 1.165) is 17.0 Å². The SMILES string of the molecule is CN=C(NCCNC(=O)c1cccc(Br)c1)N(C)Cc1ccccc1.I. The van der Waals surface area contributed by atoms with E-state index in [1.54, 1.807) is 19.2 Å². The standard InChI is InChI=1S/C19H23BrN4O.HI/c1-21-19(24(2)14-15-7-4-3-5-8-15)23-12-11-22-18(25)16-9-6-10-17(20)13-16;/h3-10,13H,11-12,14H2,1-2H3,(H,21,23)(H,22,25);1H. The van der Waals surface area contributed by atoms with Crippen LogP contribution in [-0.4, -0.2) is 44.0 Å². The third kappa shape index (κ3) is 7.33. The van der Waals surface area contributed by atoms with Crippen molar-refractivity contribution in [3.63, 3.8) is 0 Å². The summed E-state index contributed by atoms with van der Waals surface area (Å²) in [7, 11) is 3.74. The highest BCUT2D eigenvalue weighted by atomic mass is 127. The van der Waals surface area contributed by atoms with Crippen molar-refractivity contribution < 1.29 is 4.79 Å². The van der Waals surface area contributed by atoms with Crippen LogP contribution in [0.1, 0.15) is 15.9 Å². The second-order valence-corrected chi connectivity index (χ2v) is 6.50. The molecule has 0 fully saturated rings. The summed E-state index contributed by atoms with van der Waals surface area (Å²) >= 11 is 3.37. The van der Waals surface area contributed by atoms with Gasteiger partial charge in [0.05, 0.1) is 0 Å². The normalized spacial score (nSPS) is 10.7. The molecule has 0 bridgehead atoms. The van der Waals surface area contributed by atoms with E-state index in [1.807, 2.05) is 42.3 Å². The lowest BCUT2D eigenvalue weighted by Gasteiger charge is -2.22. The Morgan fingerprint density at radius 1 is 1.08 bits per heavy atom. The molecular weight excluding hydrogens is 507 g/mol. The minimum Gasteiger partial charge on any atom is -0.354 e. The van der Waals surface area contributed by atoms with Gasteiger partial charge in [-0.2, -0.15) is 0 Å². The fourth-order valence-electron chi connectivity index (χ4n) is 2.40. The number of rotatable bonds is 6. The first-order valence-electron chi connectivity index (χ1n) is 8.09. The molecule has 2 rings (SSSR count). The number of aliphatic imine (C=N–C) groups is 1. The molecule has 0 aliphatic heterocycles. The molecule has 2 aromatic carbocycles. The third-order valence-corrected chi connectivity index (χ3v) is 4.11. The van der Waals surface area contributed by atoms with Crippen LogP contribution in [0.3, 0.4) is 0 Å². The van der Waals surface area contributed by atoms with Gasteiger partial charge >= 0.3 is 0 Å². The molecule has 140 valence electrons. The van der Waals surface area contributed by atoms with E-state index in [9.17, 15) is 4.79 Å². The molecule has 0 saturated carbocycles. The van der Waals surface area contributed by atoms with E-state index in [-0.39, 0.29) is 29.9 Å². The highest BCUT2D eigenvalue weighted by molar-refractivity contribution is 14.0. The second-order valence-electron chi connectivity index (χ2n) is 5.58. The van der Waals surface area contributed by atoms with Crippen LogP contribution in [0.5, 0.6) is 0 Å². The molecule has 2 aromatic rings. The number of carbonyl (C=O) groups is 1. The number of nitrogens with one attached hydrogen (secondary N) is 2. The number of halogens is 2. The van der Waals surface area contributed by atoms with Gasteiger partial charge in [0.1, 0.15) is 0 Å². The molecule has 2 N–H and O–H groups in total. The lowest BCUT2D eigenvalue weighted by Crippen LogP contribution is -2.42. The molecule has 0 aliphatic carbocycles. The van der Waals surface area contributed by atoms with E-state index >= 15 is 0 Å². The zero-order valence-electron chi connectivity index (χ0n) is 14.9. The quantitative estimate of drug-likeness (QED) is 0.260. The molecular formula is C19H24BrIN4O. The maximum Gasteiger partial charge on any atom is 0.251 e. The number of hydrogen-bond donors (Lipinski definition) is 2. The Labute approximate surface area is 180 Å². The maximum absolute atomic E-state index is 12.1. The van der Waals surface area contributed by atoms with Crippen molar-refractivity contribution in [2.75, 3.05) is 27.2 Å². The molecule has 1 amide bonds. The van der Waals surface area contributed by atoms with E-state index in [1.165, 1.54) is 5.56 Å². The summed E-state index contributed by atoms with van der Waals surface area (Å²) in [5, 5.41) is 6.16. The van der Waals surface area contributed by atoms with Gasteiger partial charge in [-0.05, 0) is 23.8 Å². The van der Waals surface area contributed by atoms with Crippen LogP contribution in [0.25, 0.3) is 0 Å². The molecule has 0 aromatic heterocycles. The lowest BCUT2D eigenvalue weighted by molar-refractivity contribution is 0.0954. The van der Waals surface area contributed by atoms with E-state index in [0.29, 0.717) is 18.7 Å². The van der Waals surface area contributed by atoms with Crippen molar-refractivity contribution in [3.05, 3.63) is 70.2 Å². The molecule has 0 atom stereocenters. The van der Waals surface area contributed by atoms with Crippen molar-refractivity contribution in [2.45, 2.75) is 6.54 Å². The van der Waals surface area contributed by atoms with Crippen LogP contribution in [0.4, 0.5) is 0 Å². The van der Waals surface area contributed by atoms with E-state index in [2.05, 4.69) is 43.7 Å². The zero-order chi connectivity index (χ0) is 18.1. The average molecular weight is 531 g/mol. The Bertz CT molecular complexity index is 724. The van der Waals surface area contributed by atoms with Crippen molar-refractivity contribution in [2.24, 2.45) is 4.99 Å². The minimum absolute atomic E-state index is 0. The second kappa shape index (κ2) is 11.9. The van der Waals surface area contributed by atoms with Crippen LogP contribution < -0.4 is 10.6 Å². The van der Waals surface area contributed by atoms with Gasteiger partial charge in [-0.1, -0.05) is 52.3 Å². The highest BCUT2D eigenvalue weighted by Crippen LogP contribution is 2.11. The van der Waals surface area contributed by atoms with E-state index < -0.39 is 0 Å². The van der Waals surface area contributed by atoms with Gasteiger partial charge in [-0.3, -0.25) is 9.79 Å². The third-order valence-electron chi connectivity index (χ3n) is 3.62. The van der Waals surface area contributed by atoms with Gasteiger partial charge in [0.25, 0.3) is 5.91 Å². The predicted octanol–water partition coefficient (Wildman–Crippen LogP) is 3.50. The molecule has 7 heteroatoms. The Hall–Kier alpha value is -1.61. The first-order chi connectivity index (χ1) is 12.1. The van der Waals surface area contributed by atoms with Crippen LogP contribution >= 0.6 is 39.9 Å². The topological polar surface area (TPSA) is 56.7 Å². The van der Waals surface area contributed by atoms with Crippen molar-refractivity contribution >= 4 is 51.8 Å². The Kier molecular flexibility index (Phi) is 10.3. The average Bonchev–Trinajstić information content (AvgIpc) is 2.62. The number of carbonyl (C=O) groups excluding carboxylic acids is 1. The molecule has 26 heavy (non-hydrogen) atoms. The highest BCUT2D eigenvalue weighted by Gasteiger charge is 2.07. The van der Waals surface area contributed by atoms with Gasteiger partial charge in [0.2, 0.25) is 0 Å². The fraction of sp³-hybridized carbons (Fsp3) is 0.263. The molecule has 0 radical (unpaired) electrons. The summed E-state index contributed by atoms with van der Waals surface area (Å²) in [6, 6.07) is 17.6. The summed E-state index contributed by atoms with van der Waals surface area (Å²) in [5.74, 6) is 0.705. The minimum atomic E-state index is -0.0873. The van der Waals surface area contributed by atoms with E-state index in [4.69, 9.17) is 0 Å². The molecule has 5 nitrogen and oxygen atoms in total. The van der Waals surface area contributed by atoms with Crippen molar-refractivity contribution in [1.82, 2.24) is 15.5 Å². The van der Waals surface area contributed by atoms with Crippen LogP contribution in [-0.2, 0) is 6.54 Å². The number of amides is 1. The first kappa shape index (κ1) is 22.4. The first-order valence-corrected chi connectivity index (χ1v) is 8.89. The Balaban J connectivity index is 0.00000338.